The first-order chi connectivity index (χ1) is 11.3. The Bertz CT molecular complexity index is 926. The molecule has 0 aliphatic heterocycles. The van der Waals surface area contributed by atoms with Gasteiger partial charge in [0.05, 0.1) is 6.33 Å². The molecule has 1 aromatic heterocycles. The van der Waals surface area contributed by atoms with Gasteiger partial charge in [-0.15, -0.1) is 0 Å². The maximum atomic E-state index is 12.8. The zero-order valence-corrected chi connectivity index (χ0v) is 12.2. The highest BCUT2D eigenvalue weighted by Gasteiger charge is 2.32. The van der Waals surface area contributed by atoms with E-state index in [-0.39, 0.29) is 5.78 Å². The molecule has 0 spiro atoms. The summed E-state index contributed by atoms with van der Waals surface area (Å²) in [7, 11) is 0. The fraction of sp³-hybridized carbons (Fsp3) is 0.0556. The number of benzene rings is 2. The Labute approximate surface area is 132 Å². The molecular weight excluding hydrogens is 290 g/mol. The molecule has 0 bridgehead atoms. The zero-order valence-electron chi connectivity index (χ0n) is 12.2. The molecule has 3 aromatic rings. The third kappa shape index (κ3) is 2.05. The minimum Gasteiger partial charge on any atom is -0.410 e. The number of hydrogen-bond acceptors (Lipinski definition) is 4. The van der Waals surface area contributed by atoms with Gasteiger partial charge in [0.15, 0.2) is 0 Å². The van der Waals surface area contributed by atoms with Gasteiger partial charge < -0.3 is 9.77 Å². The maximum Gasteiger partial charge on any atom is 0.212 e. The van der Waals surface area contributed by atoms with Crippen LogP contribution in [0.5, 0.6) is 0 Å². The second-order valence-corrected chi connectivity index (χ2v) is 5.38. The normalized spacial score (nSPS) is 14.6. The molecule has 1 aliphatic carbocycles. The summed E-state index contributed by atoms with van der Waals surface area (Å²) >= 11 is 0. The van der Waals surface area contributed by atoms with Gasteiger partial charge in [-0.3, -0.25) is 4.79 Å². The Kier molecular flexibility index (Phi) is 3.05. The third-order valence-corrected chi connectivity index (χ3v) is 4.00. The van der Waals surface area contributed by atoms with Crippen LogP contribution in [0, 0.1) is 0 Å². The topological polar surface area (TPSA) is 67.5 Å². The molecule has 0 saturated heterocycles. The molecule has 0 fully saturated rings. The summed E-state index contributed by atoms with van der Waals surface area (Å²) in [6.45, 7) is 0.537. The second kappa shape index (κ2) is 5.21. The molecule has 112 valence electrons. The molecule has 5 heteroatoms. The summed E-state index contributed by atoms with van der Waals surface area (Å²) in [6.07, 6.45) is 1.62. The lowest BCUT2D eigenvalue weighted by molar-refractivity contribution is 0.102. The average molecular weight is 303 g/mol. The third-order valence-electron chi connectivity index (χ3n) is 4.00. The van der Waals surface area contributed by atoms with Crippen molar-refractivity contribution in [1.82, 2.24) is 9.55 Å². The van der Waals surface area contributed by atoms with Crippen LogP contribution < -0.4 is 0 Å². The van der Waals surface area contributed by atoms with Crippen LogP contribution in [0.2, 0.25) is 0 Å². The number of oxime groups is 1. The first-order valence-electron chi connectivity index (χ1n) is 7.25. The quantitative estimate of drug-likeness (QED) is 0.457. The number of ketones is 1. The molecule has 0 amide bonds. The summed E-state index contributed by atoms with van der Waals surface area (Å²) in [5.74, 6) is -0.101. The van der Waals surface area contributed by atoms with E-state index >= 15 is 0 Å². The van der Waals surface area contributed by atoms with E-state index < -0.39 is 0 Å². The van der Waals surface area contributed by atoms with E-state index in [4.69, 9.17) is 0 Å². The molecule has 0 radical (unpaired) electrons. The Balaban J connectivity index is 1.86. The van der Waals surface area contributed by atoms with E-state index in [1.807, 2.05) is 36.4 Å². The number of carbonyl (C=O) groups is 1. The van der Waals surface area contributed by atoms with Gasteiger partial charge in [0, 0.05) is 17.7 Å². The van der Waals surface area contributed by atoms with Crippen molar-refractivity contribution in [1.29, 1.82) is 0 Å². The fourth-order valence-electron chi connectivity index (χ4n) is 2.94. The van der Waals surface area contributed by atoms with Crippen LogP contribution in [0.3, 0.4) is 0 Å². The molecule has 2 aromatic carbocycles. The van der Waals surface area contributed by atoms with Crippen molar-refractivity contribution in [2.45, 2.75) is 6.54 Å². The molecule has 0 atom stereocenters. The van der Waals surface area contributed by atoms with Crippen LogP contribution in [0.4, 0.5) is 0 Å². The van der Waals surface area contributed by atoms with Crippen molar-refractivity contribution in [2.75, 3.05) is 0 Å². The molecule has 1 heterocycles. The zero-order chi connectivity index (χ0) is 15.8. The van der Waals surface area contributed by atoms with Crippen LogP contribution in [0.15, 0.2) is 66.1 Å². The monoisotopic (exact) mass is 303 g/mol. The maximum absolute atomic E-state index is 12.8. The molecule has 1 aliphatic rings. The molecule has 4 rings (SSSR count). The number of carbonyl (C=O) groups excluding carboxylic acids is 1. The summed E-state index contributed by atoms with van der Waals surface area (Å²) < 4.78 is 1.80. The highest BCUT2D eigenvalue weighted by molar-refractivity contribution is 6.28. The number of rotatable bonds is 2. The van der Waals surface area contributed by atoms with Crippen molar-refractivity contribution >= 4 is 11.5 Å². The highest BCUT2D eigenvalue weighted by atomic mass is 16.4. The van der Waals surface area contributed by atoms with Crippen molar-refractivity contribution in [3.8, 4) is 0 Å². The van der Waals surface area contributed by atoms with E-state index in [1.54, 1.807) is 29.1 Å². The Morgan fingerprint density at radius 3 is 2.43 bits per heavy atom. The standard InChI is InChI=1S/C18H13N3O2/c22-18-14-9-5-4-8-13(14)15(20-23)16-17(18)21(11-19-16)10-12-6-2-1-3-7-12/h1-9,11,23H,10H2/b20-15+. The van der Waals surface area contributed by atoms with Gasteiger partial charge in [-0.1, -0.05) is 59.8 Å². The van der Waals surface area contributed by atoms with Crippen LogP contribution >= 0.6 is 0 Å². The molecule has 23 heavy (non-hydrogen) atoms. The SMILES string of the molecule is O=C1c2ccccc2/C(=N\O)c2ncn(Cc3ccccc3)c21. The lowest BCUT2D eigenvalue weighted by Crippen LogP contribution is -2.24. The van der Waals surface area contributed by atoms with Crippen LogP contribution in [-0.4, -0.2) is 26.3 Å². The van der Waals surface area contributed by atoms with Crippen molar-refractivity contribution < 1.29 is 10.0 Å². The predicted octanol–water partition coefficient (Wildman–Crippen LogP) is 2.70. The molecule has 1 N–H and O–H groups in total. The molecule has 5 nitrogen and oxygen atoms in total. The summed E-state index contributed by atoms with van der Waals surface area (Å²) in [4.78, 5) is 17.1. The second-order valence-electron chi connectivity index (χ2n) is 5.38. The van der Waals surface area contributed by atoms with E-state index in [9.17, 15) is 10.0 Å². The Morgan fingerprint density at radius 1 is 1.00 bits per heavy atom. The van der Waals surface area contributed by atoms with Crippen molar-refractivity contribution in [3.63, 3.8) is 0 Å². The van der Waals surface area contributed by atoms with Gasteiger partial charge in [0.1, 0.15) is 17.1 Å². The first kappa shape index (κ1) is 13.5. The number of fused-ring (bicyclic) bond motifs is 2. The van der Waals surface area contributed by atoms with Crippen LogP contribution in [-0.2, 0) is 6.54 Å². The number of nitrogens with zero attached hydrogens (tertiary/aromatic N) is 3. The van der Waals surface area contributed by atoms with E-state index in [2.05, 4.69) is 10.1 Å². The molecule has 0 saturated carbocycles. The minimum absolute atomic E-state index is 0.101. The van der Waals surface area contributed by atoms with Gasteiger partial charge >= 0.3 is 0 Å². The average Bonchev–Trinajstić information content (AvgIpc) is 3.00. The van der Waals surface area contributed by atoms with Crippen LogP contribution in [0.25, 0.3) is 0 Å². The number of imidazole rings is 1. The predicted molar refractivity (Wildman–Crippen MR) is 85.1 cm³/mol. The largest absolute Gasteiger partial charge is 0.410 e. The van der Waals surface area contributed by atoms with Gasteiger partial charge in [-0.2, -0.15) is 0 Å². The summed E-state index contributed by atoms with van der Waals surface area (Å²) in [6, 6.07) is 17.0. The van der Waals surface area contributed by atoms with E-state index in [1.165, 1.54) is 0 Å². The minimum atomic E-state index is -0.101. The summed E-state index contributed by atoms with van der Waals surface area (Å²) in [5.41, 5.74) is 3.43. The lowest BCUT2D eigenvalue weighted by atomic mass is 9.89. The Morgan fingerprint density at radius 2 is 1.70 bits per heavy atom. The van der Waals surface area contributed by atoms with E-state index in [0.29, 0.717) is 34.8 Å². The lowest BCUT2D eigenvalue weighted by Gasteiger charge is -2.17. The van der Waals surface area contributed by atoms with E-state index in [0.717, 1.165) is 5.56 Å². The smallest absolute Gasteiger partial charge is 0.212 e. The molecule has 0 unspecified atom stereocenters. The first-order valence-corrected chi connectivity index (χ1v) is 7.25. The van der Waals surface area contributed by atoms with Crippen LogP contribution in [0.1, 0.15) is 32.9 Å². The van der Waals surface area contributed by atoms with Gasteiger partial charge in [-0.05, 0) is 5.56 Å². The van der Waals surface area contributed by atoms with Crippen molar-refractivity contribution in [2.24, 2.45) is 5.16 Å². The van der Waals surface area contributed by atoms with Gasteiger partial charge in [-0.25, -0.2) is 4.98 Å². The Hall–Kier alpha value is -3.21. The van der Waals surface area contributed by atoms with Gasteiger partial charge in [0.2, 0.25) is 5.78 Å². The fourth-order valence-corrected chi connectivity index (χ4v) is 2.94. The molecular formula is C18H13N3O2. The number of aromatic nitrogens is 2. The number of hydrogen-bond donors (Lipinski definition) is 1. The van der Waals surface area contributed by atoms with Crippen molar-refractivity contribution in [3.05, 3.63) is 89.0 Å². The summed E-state index contributed by atoms with van der Waals surface area (Å²) in [5, 5.41) is 12.8. The van der Waals surface area contributed by atoms with Gasteiger partial charge in [0.25, 0.3) is 0 Å². The highest BCUT2D eigenvalue weighted by Crippen LogP contribution is 2.27.